The number of nitrogens with zero attached hydrogens (tertiary/aromatic N) is 2. The molecule has 0 aliphatic carbocycles. The quantitative estimate of drug-likeness (QED) is 0.391. The van der Waals surface area contributed by atoms with Gasteiger partial charge in [-0.25, -0.2) is 8.78 Å². The van der Waals surface area contributed by atoms with Gasteiger partial charge >= 0.3 is 0 Å². The van der Waals surface area contributed by atoms with Crippen LogP contribution < -0.4 is 4.90 Å². The zero-order chi connectivity index (χ0) is 19.5. The van der Waals surface area contributed by atoms with E-state index in [4.69, 9.17) is 0 Å². The lowest BCUT2D eigenvalue weighted by Gasteiger charge is -2.25. The van der Waals surface area contributed by atoms with Crippen molar-refractivity contribution in [2.75, 3.05) is 4.90 Å². The molecule has 0 fully saturated rings. The van der Waals surface area contributed by atoms with Crippen LogP contribution >= 0.6 is 0 Å². The number of rotatable bonds is 4. The number of aromatic nitrogens is 1. The van der Waals surface area contributed by atoms with E-state index in [1.54, 1.807) is 6.20 Å². The van der Waals surface area contributed by atoms with Crippen molar-refractivity contribution < 1.29 is 8.78 Å². The van der Waals surface area contributed by atoms with E-state index >= 15 is 0 Å². The summed E-state index contributed by atoms with van der Waals surface area (Å²) in [6.07, 6.45) is 1.64. The second-order valence-corrected chi connectivity index (χ2v) is 6.44. The van der Waals surface area contributed by atoms with Crippen LogP contribution in [0.15, 0.2) is 91.1 Å². The van der Waals surface area contributed by atoms with Crippen molar-refractivity contribution in [1.29, 1.82) is 0 Å². The van der Waals surface area contributed by atoms with E-state index in [1.807, 2.05) is 72.8 Å². The Morgan fingerprint density at radius 3 is 1.93 bits per heavy atom. The lowest BCUT2D eigenvalue weighted by atomic mass is 10.1. The van der Waals surface area contributed by atoms with E-state index in [0.29, 0.717) is 5.69 Å². The summed E-state index contributed by atoms with van der Waals surface area (Å²) in [5.74, 6) is -1.15. The highest BCUT2D eigenvalue weighted by molar-refractivity contribution is 5.78. The van der Waals surface area contributed by atoms with Crippen molar-refractivity contribution in [3.8, 4) is 11.3 Å². The monoisotopic (exact) mass is 372 g/mol. The van der Waals surface area contributed by atoms with Gasteiger partial charge in [0, 0.05) is 34.4 Å². The fourth-order valence-corrected chi connectivity index (χ4v) is 3.17. The van der Waals surface area contributed by atoms with Gasteiger partial charge in [-0.2, -0.15) is 0 Å². The Balaban J connectivity index is 1.86. The SMILES string of the molecule is Cc1c(F)ccc(-c2cc(N(c3ccccc3)c3ccccc3)ccn2)c1F. The fraction of sp³-hybridized carbons (Fsp3) is 0.0417. The minimum atomic E-state index is -0.587. The molecule has 0 saturated carbocycles. The van der Waals surface area contributed by atoms with Gasteiger partial charge in [-0.1, -0.05) is 36.4 Å². The van der Waals surface area contributed by atoms with Crippen molar-refractivity contribution in [2.24, 2.45) is 0 Å². The van der Waals surface area contributed by atoms with E-state index in [1.165, 1.54) is 19.1 Å². The van der Waals surface area contributed by atoms with Crippen molar-refractivity contribution in [3.63, 3.8) is 0 Å². The Labute approximate surface area is 162 Å². The number of anilines is 3. The number of pyridine rings is 1. The van der Waals surface area contributed by atoms with Crippen molar-refractivity contribution in [3.05, 3.63) is 108 Å². The molecule has 0 aliphatic heterocycles. The van der Waals surface area contributed by atoms with Gasteiger partial charge in [-0.15, -0.1) is 0 Å². The average molecular weight is 372 g/mol. The van der Waals surface area contributed by atoms with Crippen LogP contribution in [0.3, 0.4) is 0 Å². The molecule has 28 heavy (non-hydrogen) atoms. The minimum absolute atomic E-state index is 0.00678. The number of halogens is 2. The van der Waals surface area contributed by atoms with Gasteiger partial charge in [0.15, 0.2) is 0 Å². The molecule has 138 valence electrons. The van der Waals surface area contributed by atoms with E-state index in [0.717, 1.165) is 17.1 Å². The summed E-state index contributed by atoms with van der Waals surface area (Å²) in [6.45, 7) is 1.43. The molecule has 0 unspecified atom stereocenters. The molecule has 4 aromatic rings. The largest absolute Gasteiger partial charge is 0.310 e. The predicted molar refractivity (Wildman–Crippen MR) is 109 cm³/mol. The van der Waals surface area contributed by atoms with Crippen LogP contribution in [0.5, 0.6) is 0 Å². The van der Waals surface area contributed by atoms with Crippen LogP contribution in [0.4, 0.5) is 25.8 Å². The van der Waals surface area contributed by atoms with Gasteiger partial charge in [0.2, 0.25) is 0 Å². The number of benzene rings is 3. The summed E-state index contributed by atoms with van der Waals surface area (Å²) in [5, 5.41) is 0. The maximum Gasteiger partial charge on any atom is 0.138 e. The summed E-state index contributed by atoms with van der Waals surface area (Å²) in [4.78, 5) is 6.39. The first-order chi connectivity index (χ1) is 13.6. The first-order valence-electron chi connectivity index (χ1n) is 8.96. The van der Waals surface area contributed by atoms with Crippen molar-refractivity contribution in [2.45, 2.75) is 6.92 Å². The Kier molecular flexibility index (Phi) is 4.85. The van der Waals surface area contributed by atoms with E-state index in [2.05, 4.69) is 9.88 Å². The third-order valence-corrected chi connectivity index (χ3v) is 4.63. The zero-order valence-electron chi connectivity index (χ0n) is 15.3. The summed E-state index contributed by atoms with van der Waals surface area (Å²) >= 11 is 0. The lowest BCUT2D eigenvalue weighted by molar-refractivity contribution is 0.570. The summed E-state index contributed by atoms with van der Waals surface area (Å²) in [6, 6.07) is 26.2. The minimum Gasteiger partial charge on any atom is -0.310 e. The highest BCUT2D eigenvalue weighted by Crippen LogP contribution is 2.36. The smallest absolute Gasteiger partial charge is 0.138 e. The standard InChI is InChI=1S/C24H18F2N2/c1-17-22(25)13-12-21(24(17)26)23-16-20(14-15-27-23)28(18-8-4-2-5-9-18)19-10-6-3-7-11-19/h2-16H,1H3. The predicted octanol–water partition coefficient (Wildman–Crippen LogP) is 6.81. The Morgan fingerprint density at radius 2 is 1.32 bits per heavy atom. The fourth-order valence-electron chi connectivity index (χ4n) is 3.17. The molecule has 4 heteroatoms. The Hall–Kier alpha value is -3.53. The molecule has 0 bridgehead atoms. The van der Waals surface area contributed by atoms with E-state index < -0.39 is 11.6 Å². The van der Waals surface area contributed by atoms with Crippen LogP contribution in [-0.4, -0.2) is 4.98 Å². The van der Waals surface area contributed by atoms with Crippen LogP contribution in [-0.2, 0) is 0 Å². The molecule has 1 heterocycles. The highest BCUT2D eigenvalue weighted by Gasteiger charge is 2.16. The lowest BCUT2D eigenvalue weighted by Crippen LogP contribution is -2.10. The number of para-hydroxylation sites is 2. The van der Waals surface area contributed by atoms with Crippen LogP contribution in [0, 0.1) is 18.6 Å². The molecule has 0 radical (unpaired) electrons. The van der Waals surface area contributed by atoms with Crippen molar-refractivity contribution >= 4 is 17.1 Å². The molecular formula is C24H18F2N2. The molecule has 0 aliphatic rings. The topological polar surface area (TPSA) is 16.1 Å². The van der Waals surface area contributed by atoms with Gasteiger partial charge in [-0.3, -0.25) is 4.98 Å². The third-order valence-electron chi connectivity index (χ3n) is 4.63. The molecular weight excluding hydrogens is 354 g/mol. The van der Waals surface area contributed by atoms with Crippen molar-refractivity contribution in [1.82, 2.24) is 4.98 Å². The molecule has 1 aromatic heterocycles. The molecule has 0 saturated heterocycles. The number of hydrogen-bond donors (Lipinski definition) is 0. The maximum atomic E-state index is 14.6. The van der Waals surface area contributed by atoms with Gasteiger partial charge in [0.1, 0.15) is 11.6 Å². The molecule has 0 N–H and O–H groups in total. The molecule has 2 nitrogen and oxygen atoms in total. The second-order valence-electron chi connectivity index (χ2n) is 6.44. The maximum absolute atomic E-state index is 14.6. The van der Waals surface area contributed by atoms with Crippen LogP contribution in [0.1, 0.15) is 5.56 Å². The van der Waals surface area contributed by atoms with Crippen LogP contribution in [0.2, 0.25) is 0 Å². The molecule has 0 atom stereocenters. The average Bonchev–Trinajstić information content (AvgIpc) is 2.74. The summed E-state index contributed by atoms with van der Waals surface area (Å²) in [7, 11) is 0. The number of hydrogen-bond acceptors (Lipinski definition) is 2. The second kappa shape index (κ2) is 7.61. The zero-order valence-corrected chi connectivity index (χ0v) is 15.3. The molecule has 0 spiro atoms. The normalized spacial score (nSPS) is 10.7. The molecule has 4 rings (SSSR count). The first-order valence-corrected chi connectivity index (χ1v) is 8.96. The van der Waals surface area contributed by atoms with Gasteiger partial charge in [0.05, 0.1) is 5.69 Å². The van der Waals surface area contributed by atoms with Gasteiger partial charge < -0.3 is 4.90 Å². The Morgan fingerprint density at radius 1 is 0.714 bits per heavy atom. The van der Waals surface area contributed by atoms with E-state index in [9.17, 15) is 8.78 Å². The first kappa shape index (κ1) is 17.9. The van der Waals surface area contributed by atoms with Crippen LogP contribution in [0.25, 0.3) is 11.3 Å². The summed E-state index contributed by atoms with van der Waals surface area (Å²) < 4.78 is 28.3. The van der Waals surface area contributed by atoms with Gasteiger partial charge in [-0.05, 0) is 55.5 Å². The molecule has 0 amide bonds. The third kappa shape index (κ3) is 3.37. The highest BCUT2D eigenvalue weighted by atomic mass is 19.1. The summed E-state index contributed by atoms with van der Waals surface area (Å²) in [5.41, 5.74) is 3.51. The van der Waals surface area contributed by atoms with Gasteiger partial charge in [0.25, 0.3) is 0 Å². The van der Waals surface area contributed by atoms with E-state index in [-0.39, 0.29) is 11.1 Å². The Bertz CT molecular complexity index is 1060. The molecule has 3 aromatic carbocycles.